The quantitative estimate of drug-likeness (QED) is 0.624. The number of nitriles is 1. The Morgan fingerprint density at radius 2 is 2.20 bits per heavy atom. The molecule has 1 aromatic carbocycles. The standard InChI is InChI=1S/C12H12N4O3S/c1-3-16-11-7-5-4-6-9(11)14-12(16)10(8-13)15-19-20(2,17)18/h4-7H,3H2,1-2H3/b15-10+. The van der Waals surface area contributed by atoms with Gasteiger partial charge in [-0.2, -0.15) is 13.7 Å². The minimum absolute atomic E-state index is 0.187. The molecule has 0 aliphatic carbocycles. The first-order valence-electron chi connectivity index (χ1n) is 5.78. The van der Waals surface area contributed by atoms with Crippen LogP contribution in [-0.2, 0) is 20.9 Å². The minimum Gasteiger partial charge on any atom is -0.322 e. The van der Waals surface area contributed by atoms with Gasteiger partial charge in [0.2, 0.25) is 5.71 Å². The highest BCUT2D eigenvalue weighted by Crippen LogP contribution is 2.16. The average Bonchev–Trinajstić information content (AvgIpc) is 2.76. The molecule has 7 nitrogen and oxygen atoms in total. The first-order valence-corrected chi connectivity index (χ1v) is 7.60. The number of aromatic nitrogens is 2. The summed E-state index contributed by atoms with van der Waals surface area (Å²) < 4.78 is 28.0. The Labute approximate surface area is 116 Å². The summed E-state index contributed by atoms with van der Waals surface area (Å²) >= 11 is 0. The first kappa shape index (κ1) is 14.0. The molecule has 0 radical (unpaired) electrons. The van der Waals surface area contributed by atoms with Crippen molar-refractivity contribution < 1.29 is 12.7 Å². The van der Waals surface area contributed by atoms with Crippen molar-refractivity contribution in [2.75, 3.05) is 6.26 Å². The Bertz CT molecular complexity index is 815. The van der Waals surface area contributed by atoms with Crippen molar-refractivity contribution in [2.45, 2.75) is 13.5 Å². The van der Waals surface area contributed by atoms with Gasteiger partial charge in [0.15, 0.2) is 5.82 Å². The summed E-state index contributed by atoms with van der Waals surface area (Å²) in [6.07, 6.45) is 0.855. The third-order valence-electron chi connectivity index (χ3n) is 2.55. The maximum absolute atomic E-state index is 10.9. The van der Waals surface area contributed by atoms with Crippen LogP contribution in [0.4, 0.5) is 0 Å². The lowest BCUT2D eigenvalue weighted by Crippen LogP contribution is -2.10. The lowest BCUT2D eigenvalue weighted by molar-refractivity contribution is 0.343. The van der Waals surface area contributed by atoms with Gasteiger partial charge in [0.1, 0.15) is 6.07 Å². The predicted octanol–water partition coefficient (Wildman–Crippen LogP) is 1.26. The van der Waals surface area contributed by atoms with Gasteiger partial charge in [-0.1, -0.05) is 17.3 Å². The van der Waals surface area contributed by atoms with Crippen molar-refractivity contribution in [3.05, 3.63) is 30.1 Å². The van der Waals surface area contributed by atoms with E-state index in [-0.39, 0.29) is 11.5 Å². The summed E-state index contributed by atoms with van der Waals surface area (Å²) in [5.74, 6) is 0.278. The van der Waals surface area contributed by atoms with E-state index in [0.29, 0.717) is 12.1 Å². The van der Waals surface area contributed by atoms with Crippen LogP contribution in [0.2, 0.25) is 0 Å². The van der Waals surface area contributed by atoms with Gasteiger partial charge in [0.25, 0.3) is 0 Å². The maximum Gasteiger partial charge on any atom is 0.325 e. The molecule has 0 atom stereocenters. The van der Waals surface area contributed by atoms with Gasteiger partial charge in [-0.3, -0.25) is 4.28 Å². The summed E-state index contributed by atoms with van der Waals surface area (Å²) in [6.45, 7) is 2.46. The molecule has 8 heteroatoms. The summed E-state index contributed by atoms with van der Waals surface area (Å²) in [4.78, 5) is 4.29. The second-order valence-electron chi connectivity index (χ2n) is 4.00. The number of rotatable bonds is 4. The molecular formula is C12H12N4O3S. The van der Waals surface area contributed by atoms with Crippen LogP contribution >= 0.6 is 0 Å². The fraction of sp³-hybridized carbons (Fsp3) is 0.250. The lowest BCUT2D eigenvalue weighted by Gasteiger charge is -2.03. The van der Waals surface area contributed by atoms with Crippen molar-refractivity contribution in [3.63, 3.8) is 0 Å². The van der Waals surface area contributed by atoms with Crippen molar-refractivity contribution in [1.82, 2.24) is 9.55 Å². The third-order valence-corrected chi connectivity index (χ3v) is 2.90. The van der Waals surface area contributed by atoms with Gasteiger partial charge in [0.05, 0.1) is 17.3 Å². The van der Waals surface area contributed by atoms with Crippen LogP contribution in [0, 0.1) is 11.3 Å². The maximum atomic E-state index is 10.9. The molecule has 104 valence electrons. The van der Waals surface area contributed by atoms with Crippen molar-refractivity contribution in [2.24, 2.45) is 5.16 Å². The van der Waals surface area contributed by atoms with E-state index in [0.717, 1.165) is 11.8 Å². The highest BCUT2D eigenvalue weighted by atomic mass is 32.2. The Morgan fingerprint density at radius 3 is 2.80 bits per heavy atom. The minimum atomic E-state index is -3.76. The number of imidazole rings is 1. The molecule has 0 bridgehead atoms. The zero-order valence-electron chi connectivity index (χ0n) is 10.9. The molecular weight excluding hydrogens is 280 g/mol. The third kappa shape index (κ3) is 2.78. The molecule has 20 heavy (non-hydrogen) atoms. The number of para-hydroxylation sites is 2. The molecule has 0 amide bonds. The Kier molecular flexibility index (Phi) is 3.72. The molecule has 0 aliphatic rings. The number of hydrogen-bond acceptors (Lipinski definition) is 6. The van der Waals surface area contributed by atoms with Gasteiger partial charge in [0, 0.05) is 6.54 Å². The van der Waals surface area contributed by atoms with E-state index in [9.17, 15) is 8.42 Å². The molecule has 0 aliphatic heterocycles. The summed E-state index contributed by atoms with van der Waals surface area (Å²) in [6, 6.07) is 9.16. The van der Waals surface area contributed by atoms with Gasteiger partial charge in [-0.15, -0.1) is 0 Å². The monoisotopic (exact) mass is 292 g/mol. The van der Waals surface area contributed by atoms with Crippen molar-refractivity contribution >= 4 is 26.9 Å². The van der Waals surface area contributed by atoms with Crippen molar-refractivity contribution in [1.29, 1.82) is 5.26 Å². The van der Waals surface area contributed by atoms with Crippen LogP contribution < -0.4 is 0 Å². The zero-order chi connectivity index (χ0) is 14.8. The van der Waals surface area contributed by atoms with E-state index in [1.165, 1.54) is 0 Å². The molecule has 1 aromatic heterocycles. The van der Waals surface area contributed by atoms with Crippen molar-refractivity contribution in [3.8, 4) is 6.07 Å². The fourth-order valence-corrected chi connectivity index (χ4v) is 2.00. The number of fused-ring (bicyclic) bond motifs is 1. The van der Waals surface area contributed by atoms with E-state index in [1.54, 1.807) is 16.7 Å². The molecule has 1 heterocycles. The smallest absolute Gasteiger partial charge is 0.322 e. The first-order chi connectivity index (χ1) is 9.46. The van der Waals surface area contributed by atoms with Gasteiger partial charge in [-0.25, -0.2) is 4.98 Å². The molecule has 0 unspecified atom stereocenters. The fourth-order valence-electron chi connectivity index (χ4n) is 1.79. The van der Waals surface area contributed by atoms with E-state index in [2.05, 4.69) is 14.4 Å². The Hall–Kier alpha value is -2.40. The Balaban J connectivity index is 2.58. The molecule has 0 spiro atoms. The van der Waals surface area contributed by atoms with E-state index in [4.69, 9.17) is 5.26 Å². The number of nitrogens with zero attached hydrogens (tertiary/aromatic N) is 4. The predicted molar refractivity (Wildman–Crippen MR) is 73.5 cm³/mol. The SMILES string of the molecule is CCn1c(/C(C#N)=N/OS(C)(=O)=O)nc2ccccc21. The van der Waals surface area contributed by atoms with Crippen LogP contribution in [-0.4, -0.2) is 29.9 Å². The molecule has 0 N–H and O–H groups in total. The molecule has 0 saturated carbocycles. The second-order valence-corrected chi connectivity index (χ2v) is 5.56. The number of aryl methyl sites for hydroxylation is 1. The highest BCUT2D eigenvalue weighted by Gasteiger charge is 2.16. The number of hydrogen-bond donors (Lipinski definition) is 0. The van der Waals surface area contributed by atoms with E-state index >= 15 is 0 Å². The van der Waals surface area contributed by atoms with Gasteiger partial charge >= 0.3 is 10.1 Å². The van der Waals surface area contributed by atoms with Gasteiger partial charge < -0.3 is 4.57 Å². The number of benzene rings is 1. The topological polar surface area (TPSA) is 97.3 Å². The van der Waals surface area contributed by atoms with Crippen LogP contribution in [0.15, 0.2) is 29.4 Å². The summed E-state index contributed by atoms with van der Waals surface area (Å²) in [7, 11) is -3.76. The molecule has 0 saturated heterocycles. The Morgan fingerprint density at radius 1 is 1.50 bits per heavy atom. The average molecular weight is 292 g/mol. The normalized spacial score (nSPS) is 12.3. The van der Waals surface area contributed by atoms with Crippen LogP contribution in [0.25, 0.3) is 11.0 Å². The van der Waals surface area contributed by atoms with Crippen LogP contribution in [0.3, 0.4) is 0 Å². The lowest BCUT2D eigenvalue weighted by atomic mass is 10.3. The zero-order valence-corrected chi connectivity index (χ0v) is 11.8. The second kappa shape index (κ2) is 5.30. The van der Waals surface area contributed by atoms with E-state index in [1.807, 2.05) is 25.1 Å². The molecule has 2 rings (SSSR count). The summed E-state index contributed by atoms with van der Waals surface area (Å²) in [5.41, 5.74) is 1.35. The van der Waals surface area contributed by atoms with Crippen LogP contribution in [0.5, 0.6) is 0 Å². The van der Waals surface area contributed by atoms with Crippen LogP contribution in [0.1, 0.15) is 12.7 Å². The van der Waals surface area contributed by atoms with Gasteiger partial charge in [-0.05, 0) is 19.1 Å². The molecule has 0 fully saturated rings. The molecule has 2 aromatic rings. The highest BCUT2D eigenvalue weighted by molar-refractivity contribution is 7.85. The largest absolute Gasteiger partial charge is 0.325 e. The number of oxime groups is 1. The van der Waals surface area contributed by atoms with E-state index < -0.39 is 10.1 Å². The summed E-state index contributed by atoms with van der Waals surface area (Å²) in [5, 5.41) is 12.5.